The molecule has 0 aliphatic heterocycles. The van der Waals surface area contributed by atoms with E-state index in [4.69, 9.17) is 9.47 Å². The van der Waals surface area contributed by atoms with Gasteiger partial charge < -0.3 is 14.6 Å². The third-order valence-electron chi connectivity index (χ3n) is 2.46. The fourth-order valence-electron chi connectivity index (χ4n) is 1.65. The first kappa shape index (κ1) is 13.3. The van der Waals surface area contributed by atoms with Crippen LogP contribution in [0.1, 0.15) is 16.7 Å². The number of aliphatic hydroxyl groups is 1. The maximum Gasteiger partial charge on any atom is 0.166 e. The van der Waals surface area contributed by atoms with Gasteiger partial charge in [-0.15, -0.1) is 11.3 Å². The van der Waals surface area contributed by atoms with Gasteiger partial charge in [-0.25, -0.2) is 4.98 Å². The molecule has 1 aromatic heterocycles. The van der Waals surface area contributed by atoms with E-state index in [9.17, 15) is 5.11 Å². The molecule has 0 bridgehead atoms. The minimum absolute atomic E-state index is 0.527. The van der Waals surface area contributed by atoms with Crippen LogP contribution in [0.15, 0.2) is 28.2 Å². The lowest BCUT2D eigenvalue weighted by Crippen LogP contribution is -2.03. The second-order valence-electron chi connectivity index (χ2n) is 3.49. The van der Waals surface area contributed by atoms with E-state index in [0.29, 0.717) is 26.7 Å². The maximum absolute atomic E-state index is 10.3. The van der Waals surface area contributed by atoms with Gasteiger partial charge in [-0.2, -0.15) is 0 Å². The summed E-state index contributed by atoms with van der Waals surface area (Å²) in [6.45, 7) is 0. The number of hydrogen-bond acceptors (Lipinski definition) is 5. The molecule has 0 radical (unpaired) electrons. The predicted octanol–water partition coefficient (Wildman–Crippen LogP) is 3.00. The van der Waals surface area contributed by atoms with E-state index < -0.39 is 6.10 Å². The van der Waals surface area contributed by atoms with Gasteiger partial charge >= 0.3 is 0 Å². The molecule has 0 saturated carbocycles. The van der Waals surface area contributed by atoms with Crippen molar-refractivity contribution in [1.29, 1.82) is 0 Å². The number of ether oxygens (including phenoxy) is 2. The molecule has 0 amide bonds. The Labute approximate surface area is 117 Å². The maximum atomic E-state index is 10.3. The van der Waals surface area contributed by atoms with Crippen molar-refractivity contribution in [2.45, 2.75) is 6.10 Å². The quantitative estimate of drug-likeness (QED) is 0.936. The SMILES string of the molecule is COc1cccc(C(O)c2nc(Br)cs2)c1OC. The first-order chi connectivity index (χ1) is 8.67. The van der Waals surface area contributed by atoms with Crippen molar-refractivity contribution in [3.63, 3.8) is 0 Å². The molecule has 96 valence electrons. The zero-order chi connectivity index (χ0) is 13.1. The summed E-state index contributed by atoms with van der Waals surface area (Å²) in [6, 6.07) is 5.39. The van der Waals surface area contributed by atoms with Crippen molar-refractivity contribution in [2.75, 3.05) is 14.2 Å². The largest absolute Gasteiger partial charge is 0.493 e. The number of hydrogen-bond donors (Lipinski definition) is 1. The lowest BCUT2D eigenvalue weighted by atomic mass is 10.1. The number of aromatic nitrogens is 1. The summed E-state index contributed by atoms with van der Waals surface area (Å²) in [5.41, 5.74) is 0.638. The Morgan fingerprint density at radius 2 is 2.11 bits per heavy atom. The van der Waals surface area contributed by atoms with E-state index in [1.807, 2.05) is 11.4 Å². The standard InChI is InChI=1S/C12H12BrNO3S/c1-16-8-5-3-4-7(11(8)17-2)10(15)12-14-9(13)6-18-12/h3-6,10,15H,1-2H3. The lowest BCUT2D eigenvalue weighted by Gasteiger charge is -2.15. The third-order valence-corrected chi connectivity index (χ3v) is 4.06. The topological polar surface area (TPSA) is 51.6 Å². The van der Waals surface area contributed by atoms with Crippen LogP contribution in [-0.2, 0) is 0 Å². The van der Waals surface area contributed by atoms with Gasteiger partial charge in [-0.3, -0.25) is 0 Å². The molecule has 1 atom stereocenters. The first-order valence-electron chi connectivity index (χ1n) is 5.17. The molecular weight excluding hydrogens is 318 g/mol. The Kier molecular flexibility index (Phi) is 4.21. The fraction of sp³-hybridized carbons (Fsp3) is 0.250. The Bertz CT molecular complexity index is 544. The summed E-state index contributed by atoms with van der Waals surface area (Å²) < 4.78 is 11.2. The minimum atomic E-state index is -0.827. The van der Waals surface area contributed by atoms with Crippen molar-refractivity contribution >= 4 is 27.3 Å². The number of para-hydroxylation sites is 1. The molecule has 0 aliphatic carbocycles. The molecule has 1 N–H and O–H groups in total. The Hall–Kier alpha value is -1.11. The summed E-state index contributed by atoms with van der Waals surface area (Å²) in [7, 11) is 3.11. The molecule has 4 nitrogen and oxygen atoms in total. The van der Waals surface area contributed by atoms with Crippen LogP contribution in [0.25, 0.3) is 0 Å². The van der Waals surface area contributed by atoms with E-state index in [1.54, 1.807) is 26.4 Å². The van der Waals surface area contributed by atoms with Crippen LogP contribution in [0.3, 0.4) is 0 Å². The number of rotatable bonds is 4. The highest BCUT2D eigenvalue weighted by Crippen LogP contribution is 2.38. The summed E-state index contributed by atoms with van der Waals surface area (Å²) >= 11 is 4.65. The monoisotopic (exact) mass is 329 g/mol. The zero-order valence-corrected chi connectivity index (χ0v) is 12.3. The van der Waals surface area contributed by atoms with Crippen molar-refractivity contribution in [1.82, 2.24) is 4.98 Å². The smallest absolute Gasteiger partial charge is 0.166 e. The third kappa shape index (κ3) is 2.50. The van der Waals surface area contributed by atoms with Crippen LogP contribution in [0, 0.1) is 0 Å². The first-order valence-corrected chi connectivity index (χ1v) is 6.84. The van der Waals surface area contributed by atoms with Gasteiger partial charge in [0.05, 0.1) is 14.2 Å². The highest BCUT2D eigenvalue weighted by Gasteiger charge is 2.20. The number of nitrogens with zero attached hydrogens (tertiary/aromatic N) is 1. The molecule has 0 spiro atoms. The number of thiazole rings is 1. The zero-order valence-electron chi connectivity index (χ0n) is 9.88. The van der Waals surface area contributed by atoms with Gasteiger partial charge in [-0.05, 0) is 22.0 Å². The van der Waals surface area contributed by atoms with Crippen LogP contribution in [0.5, 0.6) is 11.5 Å². The van der Waals surface area contributed by atoms with Crippen molar-refractivity contribution in [2.24, 2.45) is 0 Å². The summed E-state index contributed by atoms with van der Waals surface area (Å²) in [4.78, 5) is 4.21. The van der Waals surface area contributed by atoms with Crippen LogP contribution in [0.2, 0.25) is 0 Å². The van der Waals surface area contributed by atoms with Gasteiger partial charge in [0.15, 0.2) is 11.5 Å². The number of aliphatic hydroxyl groups excluding tert-OH is 1. The highest BCUT2D eigenvalue weighted by molar-refractivity contribution is 9.10. The highest BCUT2D eigenvalue weighted by atomic mass is 79.9. The Morgan fingerprint density at radius 3 is 2.67 bits per heavy atom. The molecule has 2 rings (SSSR count). The summed E-state index contributed by atoms with van der Waals surface area (Å²) in [5.74, 6) is 1.11. The van der Waals surface area contributed by atoms with E-state index >= 15 is 0 Å². The number of halogens is 1. The molecule has 6 heteroatoms. The number of methoxy groups -OCH3 is 2. The molecule has 0 aliphatic rings. The summed E-state index contributed by atoms with van der Waals surface area (Å²) in [6.07, 6.45) is -0.827. The second-order valence-corrected chi connectivity index (χ2v) is 5.20. The fourth-order valence-corrected chi connectivity index (χ4v) is 2.92. The van der Waals surface area contributed by atoms with E-state index in [2.05, 4.69) is 20.9 Å². The molecule has 1 unspecified atom stereocenters. The normalized spacial score (nSPS) is 12.2. The van der Waals surface area contributed by atoms with Gasteiger partial charge in [-0.1, -0.05) is 12.1 Å². The van der Waals surface area contributed by atoms with Crippen molar-refractivity contribution in [3.05, 3.63) is 38.8 Å². The van der Waals surface area contributed by atoms with Gasteiger partial charge in [0.1, 0.15) is 15.7 Å². The molecule has 18 heavy (non-hydrogen) atoms. The molecule has 0 saturated heterocycles. The van der Waals surface area contributed by atoms with Gasteiger partial charge in [0.25, 0.3) is 0 Å². The van der Waals surface area contributed by atoms with Crippen LogP contribution < -0.4 is 9.47 Å². The molecule has 2 aromatic rings. The minimum Gasteiger partial charge on any atom is -0.493 e. The summed E-state index contributed by atoms with van der Waals surface area (Å²) in [5, 5.41) is 12.8. The van der Waals surface area contributed by atoms with Gasteiger partial charge in [0.2, 0.25) is 0 Å². The molecule has 1 heterocycles. The van der Waals surface area contributed by atoms with E-state index in [0.717, 1.165) is 0 Å². The molecular formula is C12H12BrNO3S. The van der Waals surface area contributed by atoms with Crippen LogP contribution in [0.4, 0.5) is 0 Å². The lowest BCUT2D eigenvalue weighted by molar-refractivity contribution is 0.212. The average molecular weight is 330 g/mol. The van der Waals surface area contributed by atoms with Gasteiger partial charge in [0, 0.05) is 10.9 Å². The molecule has 0 fully saturated rings. The van der Waals surface area contributed by atoms with Crippen molar-refractivity contribution < 1.29 is 14.6 Å². The average Bonchev–Trinajstić information content (AvgIpc) is 2.83. The van der Waals surface area contributed by atoms with Crippen LogP contribution >= 0.6 is 27.3 Å². The number of benzene rings is 1. The van der Waals surface area contributed by atoms with Crippen molar-refractivity contribution in [3.8, 4) is 11.5 Å². The van der Waals surface area contributed by atoms with E-state index in [-0.39, 0.29) is 0 Å². The van der Waals surface area contributed by atoms with Crippen LogP contribution in [-0.4, -0.2) is 24.3 Å². The second kappa shape index (κ2) is 5.69. The van der Waals surface area contributed by atoms with E-state index in [1.165, 1.54) is 11.3 Å². The Morgan fingerprint density at radius 1 is 1.33 bits per heavy atom. The predicted molar refractivity (Wildman–Crippen MR) is 73.4 cm³/mol. The molecule has 1 aromatic carbocycles. The Balaban J connectivity index is 2.44.